The lowest BCUT2D eigenvalue weighted by Gasteiger charge is -2.21. The van der Waals surface area contributed by atoms with Crippen molar-refractivity contribution in [2.75, 3.05) is 5.32 Å². The number of nitrogens with one attached hydrogen (secondary N) is 2. The molecule has 0 radical (unpaired) electrons. The topological polar surface area (TPSA) is 75.3 Å². The average Bonchev–Trinajstić information content (AvgIpc) is 2.40. The summed E-state index contributed by atoms with van der Waals surface area (Å²) in [6, 6.07) is 5.28. The molecule has 1 aromatic carbocycles. The number of hydrogen-bond acceptors (Lipinski definition) is 4. The van der Waals surface area contributed by atoms with Crippen LogP contribution in [0, 0.1) is 6.92 Å². The number of rotatable bonds is 4. The minimum atomic E-state index is -3.85. The third kappa shape index (κ3) is 4.07. The molecule has 0 saturated carbocycles. The molecule has 2 N–H and O–H groups in total. The molecule has 0 saturated heterocycles. The van der Waals surface area contributed by atoms with Crippen LogP contribution in [0.4, 0.5) is 5.69 Å². The Hall–Kier alpha value is -1.82. The molecule has 0 aliphatic heterocycles. The van der Waals surface area contributed by atoms with Crippen LogP contribution in [0.2, 0.25) is 0 Å². The van der Waals surface area contributed by atoms with Crippen molar-refractivity contribution >= 4 is 21.6 Å². The van der Waals surface area contributed by atoms with Gasteiger partial charge in [0.1, 0.15) is 4.90 Å². The summed E-state index contributed by atoms with van der Waals surface area (Å²) >= 11 is 0. The lowest BCUT2D eigenvalue weighted by molar-refractivity contribution is -0.117. The molecule has 6 heteroatoms. The molecule has 5 nitrogen and oxygen atoms in total. The third-order valence-electron chi connectivity index (χ3n) is 3.30. The van der Waals surface area contributed by atoms with Crippen molar-refractivity contribution in [3.8, 4) is 0 Å². The maximum Gasteiger partial charge on any atom is 0.266 e. The second-order valence-electron chi connectivity index (χ2n) is 5.27. The summed E-state index contributed by atoms with van der Waals surface area (Å²) in [5, 5.41) is 3.24. The fourth-order valence-electron chi connectivity index (χ4n) is 2.35. The molecule has 0 aromatic heterocycles. The van der Waals surface area contributed by atoms with Crippen LogP contribution < -0.4 is 10.0 Å². The molecule has 21 heavy (non-hydrogen) atoms. The first-order valence-electron chi connectivity index (χ1n) is 6.96. The zero-order chi connectivity index (χ0) is 15.5. The van der Waals surface area contributed by atoms with E-state index in [1.807, 2.05) is 17.7 Å². The largest absolute Gasteiger partial charge is 0.378 e. The minimum Gasteiger partial charge on any atom is -0.378 e. The van der Waals surface area contributed by atoms with Gasteiger partial charge in [-0.3, -0.25) is 4.79 Å². The first kappa shape index (κ1) is 15.6. The zero-order valence-electron chi connectivity index (χ0n) is 12.2. The molecule has 1 atom stereocenters. The van der Waals surface area contributed by atoms with Crippen molar-refractivity contribution in [2.24, 2.45) is 0 Å². The van der Waals surface area contributed by atoms with Gasteiger partial charge in [-0.15, -0.1) is 0 Å². The summed E-state index contributed by atoms with van der Waals surface area (Å²) in [4.78, 5) is 11.2. The van der Waals surface area contributed by atoms with Gasteiger partial charge in [0.15, 0.2) is 0 Å². The second-order valence-corrected chi connectivity index (χ2v) is 6.92. The monoisotopic (exact) mass is 308 g/mol. The molecule has 2 rings (SSSR count). The molecule has 0 bridgehead atoms. The average molecular weight is 308 g/mol. The Bertz CT molecular complexity index is 665. The number of anilines is 1. The van der Waals surface area contributed by atoms with E-state index < -0.39 is 15.9 Å². The molecular weight excluding hydrogens is 288 g/mol. The van der Waals surface area contributed by atoms with E-state index in [1.165, 1.54) is 6.92 Å². The Morgan fingerprint density at radius 3 is 2.71 bits per heavy atom. The molecule has 0 spiro atoms. The summed E-state index contributed by atoms with van der Waals surface area (Å²) in [6.07, 6.45) is 7.25. The van der Waals surface area contributed by atoms with Crippen LogP contribution in [0.3, 0.4) is 0 Å². The standard InChI is InChI=1S/C15H20N2O3S/c1-11-8-9-14(16-13-6-4-3-5-7-13)15(10-11)21(19,20)17-12(2)18/h4,6,8-10,13,16H,3,5,7H2,1-2H3,(H,17,18). The number of benzene rings is 1. The van der Waals surface area contributed by atoms with Crippen LogP contribution in [0.25, 0.3) is 0 Å². The van der Waals surface area contributed by atoms with Gasteiger partial charge >= 0.3 is 0 Å². The number of hydrogen-bond donors (Lipinski definition) is 2. The Morgan fingerprint density at radius 1 is 1.33 bits per heavy atom. The van der Waals surface area contributed by atoms with Crippen LogP contribution in [0.1, 0.15) is 31.7 Å². The second kappa shape index (κ2) is 6.30. The van der Waals surface area contributed by atoms with Crippen LogP contribution >= 0.6 is 0 Å². The fraction of sp³-hybridized carbons (Fsp3) is 0.400. The quantitative estimate of drug-likeness (QED) is 0.837. The van der Waals surface area contributed by atoms with E-state index in [0.717, 1.165) is 24.8 Å². The highest BCUT2D eigenvalue weighted by molar-refractivity contribution is 7.90. The summed E-state index contributed by atoms with van der Waals surface area (Å²) in [5.74, 6) is -0.597. The maximum absolute atomic E-state index is 12.3. The maximum atomic E-state index is 12.3. The van der Waals surface area contributed by atoms with Gasteiger partial charge in [-0.2, -0.15) is 0 Å². The normalized spacial score (nSPS) is 18.3. The van der Waals surface area contributed by atoms with Crippen LogP contribution in [-0.4, -0.2) is 20.4 Å². The van der Waals surface area contributed by atoms with Gasteiger partial charge in [0, 0.05) is 13.0 Å². The van der Waals surface area contributed by atoms with Gasteiger partial charge in [0.25, 0.3) is 10.0 Å². The van der Waals surface area contributed by atoms with Gasteiger partial charge in [0.2, 0.25) is 5.91 Å². The predicted octanol–water partition coefficient (Wildman–Crippen LogP) is 2.34. The smallest absolute Gasteiger partial charge is 0.266 e. The SMILES string of the molecule is CC(=O)NS(=O)(=O)c1cc(C)ccc1NC1C=CCCC1. The molecule has 114 valence electrons. The number of sulfonamides is 1. The Kier molecular flexibility index (Phi) is 4.67. The minimum absolute atomic E-state index is 0.108. The van der Waals surface area contributed by atoms with E-state index in [0.29, 0.717) is 5.69 Å². The van der Waals surface area contributed by atoms with Gasteiger partial charge in [0.05, 0.1) is 5.69 Å². The van der Waals surface area contributed by atoms with Crippen LogP contribution in [0.15, 0.2) is 35.2 Å². The van der Waals surface area contributed by atoms with E-state index in [-0.39, 0.29) is 10.9 Å². The summed E-state index contributed by atoms with van der Waals surface area (Å²) in [7, 11) is -3.85. The molecule has 1 aliphatic carbocycles. The summed E-state index contributed by atoms with van der Waals surface area (Å²) < 4.78 is 26.6. The lowest BCUT2D eigenvalue weighted by atomic mass is 10.0. The Balaban J connectivity index is 2.35. The molecule has 1 amide bonds. The lowest BCUT2D eigenvalue weighted by Crippen LogP contribution is -2.29. The number of carbonyl (C=O) groups is 1. The van der Waals surface area contributed by atoms with Crippen molar-refractivity contribution in [1.29, 1.82) is 0 Å². The van der Waals surface area contributed by atoms with E-state index in [1.54, 1.807) is 12.1 Å². The van der Waals surface area contributed by atoms with Crippen molar-refractivity contribution < 1.29 is 13.2 Å². The molecule has 0 fully saturated rings. The summed E-state index contributed by atoms with van der Waals surface area (Å²) in [5.41, 5.74) is 1.34. The van der Waals surface area contributed by atoms with E-state index >= 15 is 0 Å². The predicted molar refractivity (Wildman–Crippen MR) is 82.6 cm³/mol. The van der Waals surface area contributed by atoms with Crippen LogP contribution in [0.5, 0.6) is 0 Å². The van der Waals surface area contributed by atoms with E-state index in [4.69, 9.17) is 0 Å². The third-order valence-corrected chi connectivity index (χ3v) is 4.77. The van der Waals surface area contributed by atoms with Gasteiger partial charge in [-0.1, -0.05) is 18.2 Å². The van der Waals surface area contributed by atoms with Gasteiger partial charge < -0.3 is 5.32 Å². The fourth-order valence-corrected chi connectivity index (χ4v) is 3.59. The number of amides is 1. The number of carbonyl (C=O) groups excluding carboxylic acids is 1. The highest BCUT2D eigenvalue weighted by atomic mass is 32.2. The summed E-state index contributed by atoms with van der Waals surface area (Å²) in [6.45, 7) is 3.00. The zero-order valence-corrected chi connectivity index (χ0v) is 13.0. The number of aryl methyl sites for hydroxylation is 1. The first-order chi connectivity index (χ1) is 9.88. The first-order valence-corrected chi connectivity index (χ1v) is 8.44. The molecule has 1 aliphatic rings. The molecular formula is C15H20N2O3S. The van der Waals surface area contributed by atoms with Crippen molar-refractivity contribution in [3.63, 3.8) is 0 Å². The van der Waals surface area contributed by atoms with Crippen molar-refractivity contribution in [1.82, 2.24) is 4.72 Å². The highest BCUT2D eigenvalue weighted by Gasteiger charge is 2.21. The van der Waals surface area contributed by atoms with Gasteiger partial charge in [-0.05, 0) is 43.9 Å². The molecule has 0 heterocycles. The molecule has 1 unspecified atom stereocenters. The Morgan fingerprint density at radius 2 is 2.10 bits per heavy atom. The Labute approximate surface area is 125 Å². The van der Waals surface area contributed by atoms with E-state index in [2.05, 4.69) is 17.5 Å². The highest BCUT2D eigenvalue weighted by Crippen LogP contribution is 2.25. The molecule has 1 aromatic rings. The van der Waals surface area contributed by atoms with Gasteiger partial charge in [-0.25, -0.2) is 13.1 Å². The van der Waals surface area contributed by atoms with Crippen molar-refractivity contribution in [2.45, 2.75) is 44.0 Å². The van der Waals surface area contributed by atoms with E-state index in [9.17, 15) is 13.2 Å². The van der Waals surface area contributed by atoms with Crippen molar-refractivity contribution in [3.05, 3.63) is 35.9 Å². The van der Waals surface area contributed by atoms with Crippen LogP contribution in [-0.2, 0) is 14.8 Å². The number of allylic oxidation sites excluding steroid dienone is 1.